The molecule has 0 heterocycles. The van der Waals surface area contributed by atoms with Crippen molar-refractivity contribution in [3.05, 3.63) is 34.4 Å². The first kappa shape index (κ1) is 14.5. The molecule has 1 aromatic rings. The van der Waals surface area contributed by atoms with Crippen LogP contribution in [0.2, 0.25) is 0 Å². The van der Waals surface area contributed by atoms with E-state index in [1.165, 1.54) is 17.0 Å². The number of nitro benzene ring substituents is 1. The summed E-state index contributed by atoms with van der Waals surface area (Å²) in [5.74, 6) is -0.147. The Morgan fingerprint density at radius 3 is 2.50 bits per heavy atom. The third-order valence-electron chi connectivity index (χ3n) is 3.57. The quantitative estimate of drug-likeness (QED) is 0.612. The van der Waals surface area contributed by atoms with Gasteiger partial charge in [0, 0.05) is 24.9 Å². The summed E-state index contributed by atoms with van der Waals surface area (Å²) in [6, 6.07) is 5.89. The number of carbonyl (C=O) groups is 1. The van der Waals surface area contributed by atoms with Crippen LogP contribution in [0.3, 0.4) is 0 Å². The molecule has 1 aromatic carbocycles. The maximum Gasteiger partial charge on any atom is 0.269 e. The van der Waals surface area contributed by atoms with Gasteiger partial charge in [-0.2, -0.15) is 0 Å². The van der Waals surface area contributed by atoms with E-state index in [2.05, 4.69) is 0 Å². The molecule has 108 valence electrons. The Balaban J connectivity index is 1.90. The summed E-state index contributed by atoms with van der Waals surface area (Å²) in [7, 11) is 1.64. The molecule has 1 amide bonds. The van der Waals surface area contributed by atoms with Gasteiger partial charge in [0.25, 0.3) is 11.6 Å². The number of nitro groups is 1. The molecule has 1 saturated carbocycles. The molecule has 0 atom stereocenters. The van der Waals surface area contributed by atoms with Gasteiger partial charge in [0.15, 0.2) is 0 Å². The molecule has 0 bridgehead atoms. The predicted molar refractivity (Wildman–Crippen MR) is 74.7 cm³/mol. The fraction of sp³-hybridized carbons (Fsp3) is 0.500. The first-order valence-electron chi connectivity index (χ1n) is 6.70. The minimum atomic E-state index is -0.463. The normalized spacial score (nSPS) is 15.2. The van der Waals surface area contributed by atoms with Gasteiger partial charge in [-0.15, -0.1) is 0 Å². The van der Waals surface area contributed by atoms with Crippen LogP contribution in [0.15, 0.2) is 24.3 Å². The SMILES string of the molecule is CN(C(=O)COC1CCCC1)c1ccc([N+](=O)[O-])cc1. The summed E-state index contributed by atoms with van der Waals surface area (Å²) in [4.78, 5) is 23.6. The zero-order valence-electron chi connectivity index (χ0n) is 11.4. The smallest absolute Gasteiger partial charge is 0.269 e. The fourth-order valence-electron chi connectivity index (χ4n) is 2.28. The van der Waals surface area contributed by atoms with Gasteiger partial charge in [-0.25, -0.2) is 0 Å². The van der Waals surface area contributed by atoms with Gasteiger partial charge in [0.05, 0.1) is 11.0 Å². The molecule has 0 saturated heterocycles. The van der Waals surface area contributed by atoms with Gasteiger partial charge in [-0.1, -0.05) is 12.8 Å². The van der Waals surface area contributed by atoms with E-state index in [1.807, 2.05) is 0 Å². The van der Waals surface area contributed by atoms with Crippen LogP contribution in [0.1, 0.15) is 25.7 Å². The highest BCUT2D eigenvalue weighted by Gasteiger charge is 2.18. The molecule has 2 rings (SSSR count). The van der Waals surface area contributed by atoms with Gasteiger partial charge in [0.2, 0.25) is 0 Å². The van der Waals surface area contributed by atoms with Crippen LogP contribution < -0.4 is 4.90 Å². The molecule has 0 N–H and O–H groups in total. The largest absolute Gasteiger partial charge is 0.368 e. The molecule has 0 spiro atoms. The molecule has 1 aliphatic carbocycles. The third-order valence-corrected chi connectivity index (χ3v) is 3.57. The third kappa shape index (κ3) is 3.54. The zero-order valence-corrected chi connectivity index (χ0v) is 11.4. The molecule has 1 aliphatic rings. The van der Waals surface area contributed by atoms with E-state index >= 15 is 0 Å². The standard InChI is InChI=1S/C14H18N2O4/c1-15(11-6-8-12(9-7-11)16(18)19)14(17)10-20-13-4-2-3-5-13/h6-9,13H,2-5,10H2,1H3. The average molecular weight is 278 g/mol. The lowest BCUT2D eigenvalue weighted by Gasteiger charge is -2.18. The Kier molecular flexibility index (Phi) is 4.68. The Labute approximate surface area is 117 Å². The summed E-state index contributed by atoms with van der Waals surface area (Å²) < 4.78 is 5.57. The Bertz CT molecular complexity index is 480. The lowest BCUT2D eigenvalue weighted by molar-refractivity contribution is -0.384. The number of likely N-dealkylation sites (N-methyl/N-ethyl adjacent to an activating group) is 1. The maximum atomic E-state index is 12.0. The minimum absolute atomic E-state index is 0.0109. The van der Waals surface area contributed by atoms with Crippen molar-refractivity contribution < 1.29 is 14.5 Å². The molecular weight excluding hydrogens is 260 g/mol. The van der Waals surface area contributed by atoms with Crippen molar-refractivity contribution in [1.29, 1.82) is 0 Å². The van der Waals surface area contributed by atoms with Crippen molar-refractivity contribution in [2.45, 2.75) is 31.8 Å². The fourth-order valence-corrected chi connectivity index (χ4v) is 2.28. The first-order valence-corrected chi connectivity index (χ1v) is 6.70. The summed E-state index contributed by atoms with van der Waals surface area (Å²) in [6.45, 7) is 0.0537. The maximum absolute atomic E-state index is 12.0. The summed E-state index contributed by atoms with van der Waals surface area (Å²) in [5, 5.41) is 10.6. The summed E-state index contributed by atoms with van der Waals surface area (Å²) in [6.07, 6.45) is 4.57. The molecule has 6 heteroatoms. The number of benzene rings is 1. The second kappa shape index (κ2) is 6.47. The van der Waals surface area contributed by atoms with Crippen molar-refractivity contribution in [2.75, 3.05) is 18.6 Å². The van der Waals surface area contributed by atoms with Crippen LogP contribution in [-0.2, 0) is 9.53 Å². The molecule has 0 unspecified atom stereocenters. The minimum Gasteiger partial charge on any atom is -0.368 e. The van der Waals surface area contributed by atoms with Crippen LogP contribution in [0.25, 0.3) is 0 Å². The van der Waals surface area contributed by atoms with Gasteiger partial charge in [0.1, 0.15) is 6.61 Å². The summed E-state index contributed by atoms with van der Waals surface area (Å²) >= 11 is 0. The van der Waals surface area contributed by atoms with Crippen LogP contribution >= 0.6 is 0 Å². The van der Waals surface area contributed by atoms with Crippen molar-refractivity contribution in [3.63, 3.8) is 0 Å². The highest BCUT2D eigenvalue weighted by molar-refractivity contribution is 5.93. The first-order chi connectivity index (χ1) is 9.58. The van der Waals surface area contributed by atoms with Gasteiger partial charge < -0.3 is 9.64 Å². The van der Waals surface area contributed by atoms with Crippen LogP contribution in [0.4, 0.5) is 11.4 Å². The topological polar surface area (TPSA) is 72.7 Å². The van der Waals surface area contributed by atoms with E-state index in [0.29, 0.717) is 5.69 Å². The Hall–Kier alpha value is -1.95. The number of non-ortho nitro benzene ring substituents is 1. The molecular formula is C14H18N2O4. The van der Waals surface area contributed by atoms with E-state index in [0.717, 1.165) is 25.7 Å². The highest BCUT2D eigenvalue weighted by atomic mass is 16.6. The van der Waals surface area contributed by atoms with Crippen LogP contribution in [0, 0.1) is 10.1 Å². The van der Waals surface area contributed by atoms with Crippen molar-refractivity contribution in [3.8, 4) is 0 Å². The summed E-state index contributed by atoms with van der Waals surface area (Å²) in [5.41, 5.74) is 0.632. The Morgan fingerprint density at radius 2 is 1.95 bits per heavy atom. The van der Waals surface area contributed by atoms with Gasteiger partial charge in [-0.05, 0) is 25.0 Å². The zero-order chi connectivity index (χ0) is 14.5. The van der Waals surface area contributed by atoms with E-state index in [4.69, 9.17) is 4.74 Å². The molecule has 0 aromatic heterocycles. The molecule has 0 aliphatic heterocycles. The number of nitrogens with zero attached hydrogens (tertiary/aromatic N) is 2. The van der Waals surface area contributed by atoms with E-state index in [-0.39, 0.29) is 24.3 Å². The van der Waals surface area contributed by atoms with E-state index in [9.17, 15) is 14.9 Å². The molecule has 20 heavy (non-hydrogen) atoms. The second-order valence-electron chi connectivity index (χ2n) is 4.94. The Morgan fingerprint density at radius 1 is 1.35 bits per heavy atom. The lowest BCUT2D eigenvalue weighted by Crippen LogP contribution is -2.31. The van der Waals surface area contributed by atoms with E-state index in [1.54, 1.807) is 19.2 Å². The van der Waals surface area contributed by atoms with Crippen LogP contribution in [0.5, 0.6) is 0 Å². The monoisotopic (exact) mass is 278 g/mol. The predicted octanol–water partition coefficient (Wildman–Crippen LogP) is 2.52. The number of hydrogen-bond donors (Lipinski definition) is 0. The van der Waals surface area contributed by atoms with Crippen molar-refractivity contribution >= 4 is 17.3 Å². The van der Waals surface area contributed by atoms with Gasteiger partial charge >= 0.3 is 0 Å². The lowest BCUT2D eigenvalue weighted by atomic mass is 10.2. The molecule has 6 nitrogen and oxygen atoms in total. The number of rotatable bonds is 5. The van der Waals surface area contributed by atoms with E-state index < -0.39 is 4.92 Å². The molecule has 0 radical (unpaired) electrons. The number of ether oxygens (including phenoxy) is 1. The van der Waals surface area contributed by atoms with Crippen molar-refractivity contribution in [1.82, 2.24) is 0 Å². The highest BCUT2D eigenvalue weighted by Crippen LogP contribution is 2.22. The second-order valence-corrected chi connectivity index (χ2v) is 4.94. The number of carbonyl (C=O) groups excluding carboxylic acids is 1. The number of anilines is 1. The molecule has 1 fully saturated rings. The number of amides is 1. The van der Waals surface area contributed by atoms with Crippen LogP contribution in [-0.4, -0.2) is 30.6 Å². The van der Waals surface area contributed by atoms with Gasteiger partial charge in [-0.3, -0.25) is 14.9 Å². The average Bonchev–Trinajstić information content (AvgIpc) is 2.97. The number of hydrogen-bond acceptors (Lipinski definition) is 4. The van der Waals surface area contributed by atoms with Crippen molar-refractivity contribution in [2.24, 2.45) is 0 Å².